The molecule has 92 heavy (non-hydrogen) atoms. The van der Waals surface area contributed by atoms with Gasteiger partial charge in [0.15, 0.2) is 12.4 Å². The first-order chi connectivity index (χ1) is 45.2. The number of carbonyl (C=O) groups excluding carboxylic acids is 2. The first-order valence-corrected chi connectivity index (χ1v) is 37.5. The van der Waals surface area contributed by atoms with Crippen LogP contribution in [0.3, 0.4) is 0 Å². The minimum Gasteiger partial charge on any atom is -0.454 e. The minimum absolute atomic E-state index is 0.106. The second kappa shape index (κ2) is 66.8. The maximum absolute atomic E-state index is 13.5. The molecule has 11 nitrogen and oxygen atoms in total. The molecular formula is C81H137NO10. The molecular weight excluding hydrogens is 1150 g/mol. The van der Waals surface area contributed by atoms with Gasteiger partial charge < -0.3 is 45.1 Å². The van der Waals surface area contributed by atoms with Crippen LogP contribution in [0.15, 0.2) is 134 Å². The first-order valence-electron chi connectivity index (χ1n) is 37.5. The lowest BCUT2D eigenvalue weighted by Crippen LogP contribution is -2.61. The third-order valence-corrected chi connectivity index (χ3v) is 16.8. The van der Waals surface area contributed by atoms with E-state index in [1.165, 1.54) is 116 Å². The highest BCUT2D eigenvalue weighted by molar-refractivity contribution is 5.80. The topological polar surface area (TPSA) is 175 Å². The van der Waals surface area contributed by atoms with E-state index >= 15 is 0 Å². The van der Waals surface area contributed by atoms with E-state index in [1.54, 1.807) is 6.08 Å². The number of esters is 1. The minimum atomic E-state index is -1.63. The Kier molecular flexibility index (Phi) is 62.3. The fourth-order valence-electron chi connectivity index (χ4n) is 10.9. The van der Waals surface area contributed by atoms with Gasteiger partial charge in [0.25, 0.3) is 0 Å². The van der Waals surface area contributed by atoms with Gasteiger partial charge in [-0.15, -0.1) is 0 Å². The Balaban J connectivity index is 2.56. The Morgan fingerprint density at radius 2 is 0.783 bits per heavy atom. The Hall–Kier alpha value is -4.20. The second-order valence-corrected chi connectivity index (χ2v) is 25.3. The zero-order valence-electron chi connectivity index (χ0n) is 58.6. The van der Waals surface area contributed by atoms with Gasteiger partial charge in [0, 0.05) is 6.42 Å². The standard InChI is InChI=1S/C81H137NO10/c1-4-7-10-13-16-19-22-25-27-29-31-33-35-37-38-39-41-43-45-47-49-51-54-57-60-63-66-69-76(86)92-79-78(88)77(87)75(70-83)91-81(79)90-71-72(73(84)67-64-61-58-55-52-24-21-18-15-12-9-6-3)82-80(89)74(85)68-65-62-59-56-53-50-48-46-44-42-40-36-34-32-30-28-26-23-20-17-14-11-8-5-2/h7,10,16-17,19-20,25-28,31-34,37-38,40-43,64,67,72-75,77-79,81,83-85,87-88H,4-6,8-9,11-15,18,21-24,29-30,35-36,39,44-63,65-66,68-71H2,1-3H3,(H,82,89)/b10-7-,19-16-,20-17-,27-25-,28-26-,33-31-,34-32-,38-37-,42-40-,43-41-,67-64+. The van der Waals surface area contributed by atoms with Gasteiger partial charge in [-0.25, -0.2) is 0 Å². The van der Waals surface area contributed by atoms with Gasteiger partial charge in [0.2, 0.25) is 5.91 Å². The number of unbranched alkanes of at least 4 members (excludes halogenated alkanes) is 29. The van der Waals surface area contributed by atoms with Gasteiger partial charge in [-0.2, -0.15) is 0 Å². The molecule has 1 fully saturated rings. The molecule has 1 rings (SSSR count). The second-order valence-electron chi connectivity index (χ2n) is 25.3. The molecule has 8 atom stereocenters. The summed E-state index contributed by atoms with van der Waals surface area (Å²) in [6, 6.07) is -1.04. The van der Waals surface area contributed by atoms with Gasteiger partial charge in [0.1, 0.15) is 24.4 Å². The summed E-state index contributed by atoms with van der Waals surface area (Å²) in [5.41, 5.74) is 0. The summed E-state index contributed by atoms with van der Waals surface area (Å²) in [5, 5.41) is 57.3. The fraction of sp³-hybridized carbons (Fsp3) is 0.704. The number of amides is 1. The third kappa shape index (κ3) is 53.1. The number of ether oxygens (including phenoxy) is 3. The zero-order valence-corrected chi connectivity index (χ0v) is 58.6. The van der Waals surface area contributed by atoms with E-state index in [2.05, 4.69) is 148 Å². The summed E-state index contributed by atoms with van der Waals surface area (Å²) in [4.78, 5) is 26.7. The normalized spacial score (nSPS) is 18.7. The highest BCUT2D eigenvalue weighted by Gasteiger charge is 2.47. The number of rotatable bonds is 63. The molecule has 0 aromatic heterocycles. The largest absolute Gasteiger partial charge is 0.454 e. The zero-order chi connectivity index (χ0) is 66.7. The molecule has 526 valence electrons. The molecule has 0 saturated carbocycles. The number of nitrogens with one attached hydrogen (secondary N) is 1. The fourth-order valence-corrected chi connectivity index (χ4v) is 10.9. The molecule has 0 spiro atoms. The van der Waals surface area contributed by atoms with Crippen molar-refractivity contribution in [3.8, 4) is 0 Å². The average molecular weight is 1280 g/mol. The van der Waals surface area contributed by atoms with Gasteiger partial charge in [-0.05, 0) is 122 Å². The number of aliphatic hydroxyl groups excluding tert-OH is 5. The lowest BCUT2D eigenvalue weighted by Gasteiger charge is -2.41. The lowest BCUT2D eigenvalue weighted by molar-refractivity contribution is -0.305. The lowest BCUT2D eigenvalue weighted by atomic mass is 9.99. The van der Waals surface area contributed by atoms with E-state index in [4.69, 9.17) is 14.2 Å². The van der Waals surface area contributed by atoms with Gasteiger partial charge in [-0.3, -0.25) is 9.59 Å². The molecule has 1 aliphatic heterocycles. The van der Waals surface area contributed by atoms with E-state index < -0.39 is 67.4 Å². The molecule has 0 aromatic rings. The average Bonchev–Trinajstić information content (AvgIpc) is 0.875. The van der Waals surface area contributed by atoms with Crippen molar-refractivity contribution in [2.45, 2.75) is 352 Å². The number of allylic oxidation sites excluding steroid dienone is 21. The Bertz CT molecular complexity index is 2010. The van der Waals surface area contributed by atoms with Crippen molar-refractivity contribution in [3.63, 3.8) is 0 Å². The number of aliphatic hydroxyl groups is 5. The predicted molar refractivity (Wildman–Crippen MR) is 388 cm³/mol. The number of carbonyl (C=O) groups is 2. The molecule has 0 aromatic carbocycles. The molecule has 0 aliphatic carbocycles. The van der Waals surface area contributed by atoms with E-state index in [0.717, 1.165) is 141 Å². The summed E-state index contributed by atoms with van der Waals surface area (Å²) in [7, 11) is 0. The molecule has 1 saturated heterocycles. The van der Waals surface area contributed by atoms with E-state index in [1.807, 2.05) is 6.08 Å². The Morgan fingerprint density at radius 1 is 0.435 bits per heavy atom. The highest BCUT2D eigenvalue weighted by atomic mass is 16.7. The molecule has 6 N–H and O–H groups in total. The first kappa shape index (κ1) is 85.8. The van der Waals surface area contributed by atoms with E-state index in [0.29, 0.717) is 12.8 Å². The Labute approximate surface area is 563 Å². The number of hydrogen-bond acceptors (Lipinski definition) is 10. The van der Waals surface area contributed by atoms with Crippen LogP contribution in [0.5, 0.6) is 0 Å². The maximum atomic E-state index is 13.5. The SMILES string of the molecule is CC/C=C\C/C=C\C/C=C\C/C=C\C/C=C\C/C=C\CCCCCCCCCCC(=O)OC1C(OCC(NC(=O)C(O)CCCCCCCCCC/C=C\C/C=C\C/C=C\C/C=C\CCCCC)C(O)/C=C/CCCCCCCCCCCC)OC(CO)C(O)C1O. The molecule has 0 radical (unpaired) electrons. The molecule has 0 bridgehead atoms. The van der Waals surface area contributed by atoms with Crippen LogP contribution in [-0.4, -0.2) is 99.6 Å². The van der Waals surface area contributed by atoms with Crippen LogP contribution < -0.4 is 5.32 Å². The summed E-state index contributed by atoms with van der Waals surface area (Å²) in [6.07, 6.45) is 84.8. The van der Waals surface area contributed by atoms with Crippen LogP contribution in [0.1, 0.15) is 303 Å². The molecule has 11 heteroatoms. The molecule has 8 unspecified atom stereocenters. The molecule has 1 heterocycles. The summed E-state index contributed by atoms with van der Waals surface area (Å²) in [5.74, 6) is -1.21. The Morgan fingerprint density at radius 3 is 1.20 bits per heavy atom. The van der Waals surface area contributed by atoms with Crippen molar-refractivity contribution in [2.75, 3.05) is 13.2 Å². The van der Waals surface area contributed by atoms with Gasteiger partial charge >= 0.3 is 5.97 Å². The summed E-state index contributed by atoms with van der Waals surface area (Å²) < 4.78 is 17.7. The summed E-state index contributed by atoms with van der Waals surface area (Å²) >= 11 is 0. The van der Waals surface area contributed by atoms with Crippen molar-refractivity contribution >= 4 is 11.9 Å². The monoisotopic (exact) mass is 1280 g/mol. The van der Waals surface area contributed by atoms with Crippen LogP contribution in [0.2, 0.25) is 0 Å². The van der Waals surface area contributed by atoms with Crippen molar-refractivity contribution in [1.29, 1.82) is 0 Å². The summed E-state index contributed by atoms with van der Waals surface area (Å²) in [6.45, 7) is 5.66. The van der Waals surface area contributed by atoms with E-state index in [9.17, 15) is 35.1 Å². The van der Waals surface area contributed by atoms with Crippen LogP contribution in [-0.2, 0) is 23.8 Å². The third-order valence-electron chi connectivity index (χ3n) is 16.8. The van der Waals surface area contributed by atoms with E-state index in [-0.39, 0.29) is 19.4 Å². The quantitative estimate of drug-likeness (QED) is 0.0195. The van der Waals surface area contributed by atoms with Crippen molar-refractivity contribution in [3.05, 3.63) is 134 Å². The van der Waals surface area contributed by atoms with Gasteiger partial charge in [0.05, 0.1) is 25.4 Å². The van der Waals surface area contributed by atoms with Crippen LogP contribution in [0.25, 0.3) is 0 Å². The van der Waals surface area contributed by atoms with Crippen LogP contribution in [0, 0.1) is 0 Å². The van der Waals surface area contributed by atoms with Crippen LogP contribution in [0.4, 0.5) is 0 Å². The highest BCUT2D eigenvalue weighted by Crippen LogP contribution is 2.26. The number of hydrogen-bond donors (Lipinski definition) is 6. The maximum Gasteiger partial charge on any atom is 0.306 e. The smallest absolute Gasteiger partial charge is 0.306 e. The predicted octanol–water partition coefficient (Wildman–Crippen LogP) is 19.9. The van der Waals surface area contributed by atoms with Crippen molar-refractivity contribution in [1.82, 2.24) is 5.32 Å². The molecule has 1 aliphatic rings. The van der Waals surface area contributed by atoms with Crippen molar-refractivity contribution in [2.24, 2.45) is 0 Å². The van der Waals surface area contributed by atoms with Crippen LogP contribution >= 0.6 is 0 Å². The van der Waals surface area contributed by atoms with Crippen molar-refractivity contribution < 1.29 is 49.3 Å². The molecule has 1 amide bonds. The van der Waals surface area contributed by atoms with Gasteiger partial charge in [-0.1, -0.05) is 309 Å².